The first-order valence-corrected chi connectivity index (χ1v) is 4.49. The van der Waals surface area contributed by atoms with E-state index in [0.29, 0.717) is 5.92 Å². The molecule has 1 aromatic carbocycles. The lowest BCUT2D eigenvalue weighted by Gasteiger charge is -2.10. The molecular formula is C11H13Cl. The molecule has 0 heterocycles. The van der Waals surface area contributed by atoms with Crippen LogP contribution in [0.15, 0.2) is 36.9 Å². The predicted octanol–water partition coefficient (Wildman–Crippen LogP) is 4.02. The van der Waals surface area contributed by atoms with Crippen LogP contribution in [0, 0.1) is 0 Å². The van der Waals surface area contributed by atoms with Crippen LogP contribution in [0.25, 0.3) is 0 Å². The van der Waals surface area contributed by atoms with Crippen LogP contribution in [-0.4, -0.2) is 0 Å². The van der Waals surface area contributed by atoms with Gasteiger partial charge in [-0.2, -0.15) is 0 Å². The van der Waals surface area contributed by atoms with Crippen molar-refractivity contribution in [2.75, 3.05) is 0 Å². The Morgan fingerprint density at radius 3 is 2.75 bits per heavy atom. The van der Waals surface area contributed by atoms with E-state index in [1.807, 2.05) is 24.3 Å². The molecule has 0 amide bonds. The van der Waals surface area contributed by atoms with Gasteiger partial charge in [0, 0.05) is 5.02 Å². The van der Waals surface area contributed by atoms with Crippen molar-refractivity contribution >= 4 is 11.6 Å². The first-order chi connectivity index (χ1) is 5.75. The van der Waals surface area contributed by atoms with Crippen LogP contribution < -0.4 is 0 Å². The molecule has 0 radical (unpaired) electrons. The van der Waals surface area contributed by atoms with Crippen molar-refractivity contribution in [2.45, 2.75) is 19.3 Å². The Morgan fingerprint density at radius 1 is 1.50 bits per heavy atom. The second-order valence-electron chi connectivity index (χ2n) is 2.95. The van der Waals surface area contributed by atoms with Crippen LogP contribution in [0.5, 0.6) is 0 Å². The first-order valence-electron chi connectivity index (χ1n) is 4.11. The van der Waals surface area contributed by atoms with Gasteiger partial charge >= 0.3 is 0 Å². The summed E-state index contributed by atoms with van der Waals surface area (Å²) in [5.74, 6) is 0.469. The quantitative estimate of drug-likeness (QED) is 0.617. The molecule has 0 bridgehead atoms. The van der Waals surface area contributed by atoms with Gasteiger partial charge < -0.3 is 0 Å². The van der Waals surface area contributed by atoms with E-state index in [1.165, 1.54) is 5.56 Å². The van der Waals surface area contributed by atoms with Crippen molar-refractivity contribution in [2.24, 2.45) is 0 Å². The Morgan fingerprint density at radius 2 is 2.17 bits per heavy atom. The van der Waals surface area contributed by atoms with Crippen molar-refractivity contribution in [1.82, 2.24) is 0 Å². The predicted molar refractivity (Wildman–Crippen MR) is 54.7 cm³/mol. The highest BCUT2D eigenvalue weighted by Crippen LogP contribution is 2.26. The SMILES string of the molecule is C=CC[C@H](C)c1ccccc1Cl. The molecule has 0 aliphatic heterocycles. The minimum absolute atomic E-state index is 0.469. The zero-order chi connectivity index (χ0) is 8.97. The van der Waals surface area contributed by atoms with Crippen molar-refractivity contribution in [1.29, 1.82) is 0 Å². The van der Waals surface area contributed by atoms with Gasteiger partial charge in [-0.15, -0.1) is 6.58 Å². The molecule has 0 saturated heterocycles. The largest absolute Gasteiger partial charge is 0.103 e. The Labute approximate surface area is 78.9 Å². The van der Waals surface area contributed by atoms with Gasteiger partial charge in [0.05, 0.1) is 0 Å². The molecule has 0 unspecified atom stereocenters. The topological polar surface area (TPSA) is 0 Å². The lowest BCUT2D eigenvalue weighted by molar-refractivity contribution is 0.782. The third-order valence-electron chi connectivity index (χ3n) is 1.96. The van der Waals surface area contributed by atoms with Crippen LogP contribution in [0.2, 0.25) is 5.02 Å². The first kappa shape index (κ1) is 9.34. The Bertz CT molecular complexity index is 265. The smallest absolute Gasteiger partial charge is 0.0440 e. The number of allylic oxidation sites excluding steroid dienone is 1. The molecule has 0 aliphatic rings. The highest BCUT2D eigenvalue weighted by Gasteiger charge is 2.05. The highest BCUT2D eigenvalue weighted by molar-refractivity contribution is 6.31. The molecule has 64 valence electrons. The van der Waals surface area contributed by atoms with E-state index >= 15 is 0 Å². The fourth-order valence-corrected chi connectivity index (χ4v) is 1.57. The average Bonchev–Trinajstić information content (AvgIpc) is 2.05. The molecule has 0 aliphatic carbocycles. The maximum Gasteiger partial charge on any atom is 0.0440 e. The highest BCUT2D eigenvalue weighted by atomic mass is 35.5. The standard InChI is InChI=1S/C11H13Cl/c1-3-6-9(2)10-7-4-5-8-11(10)12/h3-5,7-9H,1,6H2,2H3/t9-/m0/s1. The Balaban J connectivity index is 2.86. The van der Waals surface area contributed by atoms with Crippen LogP contribution >= 0.6 is 11.6 Å². The maximum absolute atomic E-state index is 6.02. The Hall–Kier alpha value is -0.750. The van der Waals surface area contributed by atoms with Gasteiger partial charge in [0.15, 0.2) is 0 Å². The van der Waals surface area contributed by atoms with E-state index in [-0.39, 0.29) is 0 Å². The van der Waals surface area contributed by atoms with Gasteiger partial charge in [-0.05, 0) is 24.0 Å². The lowest BCUT2D eigenvalue weighted by Crippen LogP contribution is -1.91. The zero-order valence-electron chi connectivity index (χ0n) is 7.26. The molecule has 0 nitrogen and oxygen atoms in total. The van der Waals surface area contributed by atoms with Crippen LogP contribution in [0.1, 0.15) is 24.8 Å². The Kier molecular flexibility index (Phi) is 3.36. The number of halogens is 1. The summed E-state index contributed by atoms with van der Waals surface area (Å²) in [5, 5.41) is 0.854. The molecule has 0 spiro atoms. The van der Waals surface area contributed by atoms with Crippen LogP contribution in [0.4, 0.5) is 0 Å². The third-order valence-corrected chi connectivity index (χ3v) is 2.30. The normalized spacial score (nSPS) is 12.5. The average molecular weight is 181 g/mol. The van der Waals surface area contributed by atoms with Crippen LogP contribution in [-0.2, 0) is 0 Å². The van der Waals surface area contributed by atoms with E-state index in [1.54, 1.807) is 0 Å². The van der Waals surface area contributed by atoms with Gasteiger partial charge in [0.2, 0.25) is 0 Å². The monoisotopic (exact) mass is 180 g/mol. The molecular weight excluding hydrogens is 168 g/mol. The molecule has 1 atom stereocenters. The van der Waals surface area contributed by atoms with E-state index in [4.69, 9.17) is 11.6 Å². The van der Waals surface area contributed by atoms with Crippen molar-refractivity contribution in [3.63, 3.8) is 0 Å². The minimum Gasteiger partial charge on any atom is -0.103 e. The van der Waals surface area contributed by atoms with Gasteiger partial charge in [-0.25, -0.2) is 0 Å². The fourth-order valence-electron chi connectivity index (χ4n) is 1.25. The fraction of sp³-hybridized carbons (Fsp3) is 0.273. The summed E-state index contributed by atoms with van der Waals surface area (Å²) in [6.45, 7) is 5.87. The van der Waals surface area contributed by atoms with Crippen LogP contribution in [0.3, 0.4) is 0 Å². The molecule has 0 fully saturated rings. The van der Waals surface area contributed by atoms with Gasteiger partial charge in [0.25, 0.3) is 0 Å². The third kappa shape index (κ3) is 2.12. The summed E-state index contributed by atoms with van der Waals surface area (Å²) in [7, 11) is 0. The maximum atomic E-state index is 6.02. The molecule has 12 heavy (non-hydrogen) atoms. The number of rotatable bonds is 3. The van der Waals surface area contributed by atoms with E-state index in [0.717, 1.165) is 11.4 Å². The number of hydrogen-bond acceptors (Lipinski definition) is 0. The molecule has 0 aromatic heterocycles. The second kappa shape index (κ2) is 4.32. The van der Waals surface area contributed by atoms with Crippen molar-refractivity contribution in [3.8, 4) is 0 Å². The van der Waals surface area contributed by atoms with Crippen molar-refractivity contribution in [3.05, 3.63) is 47.5 Å². The van der Waals surface area contributed by atoms with E-state index < -0.39 is 0 Å². The second-order valence-corrected chi connectivity index (χ2v) is 3.35. The van der Waals surface area contributed by atoms with Gasteiger partial charge in [-0.1, -0.05) is 42.8 Å². The summed E-state index contributed by atoms with van der Waals surface area (Å²) >= 11 is 6.02. The summed E-state index contributed by atoms with van der Waals surface area (Å²) in [5.41, 5.74) is 1.21. The van der Waals surface area contributed by atoms with Gasteiger partial charge in [0.1, 0.15) is 0 Å². The van der Waals surface area contributed by atoms with Crippen molar-refractivity contribution < 1.29 is 0 Å². The molecule has 1 rings (SSSR count). The van der Waals surface area contributed by atoms with Gasteiger partial charge in [-0.3, -0.25) is 0 Å². The molecule has 0 saturated carbocycles. The molecule has 1 heteroatoms. The van der Waals surface area contributed by atoms with E-state index in [9.17, 15) is 0 Å². The molecule has 1 aromatic rings. The number of hydrogen-bond donors (Lipinski definition) is 0. The van der Waals surface area contributed by atoms with E-state index in [2.05, 4.69) is 19.6 Å². The lowest BCUT2D eigenvalue weighted by atomic mass is 9.98. The summed E-state index contributed by atoms with van der Waals surface area (Å²) in [6.07, 6.45) is 2.90. The summed E-state index contributed by atoms with van der Waals surface area (Å²) in [4.78, 5) is 0. The summed E-state index contributed by atoms with van der Waals surface area (Å²) < 4.78 is 0. The minimum atomic E-state index is 0.469. The molecule has 0 N–H and O–H groups in total. The zero-order valence-corrected chi connectivity index (χ0v) is 8.01. The summed E-state index contributed by atoms with van der Waals surface area (Å²) in [6, 6.07) is 7.96. The number of benzene rings is 1.